The molecular weight excluding hydrogens is 471 g/mol. The van der Waals surface area contributed by atoms with Gasteiger partial charge in [0.2, 0.25) is 0 Å². The van der Waals surface area contributed by atoms with Gasteiger partial charge < -0.3 is 14.7 Å². The molecule has 5 heteroatoms. The highest BCUT2D eigenvalue weighted by atomic mass is 19.1. The molecule has 1 unspecified atom stereocenters. The zero-order chi connectivity index (χ0) is 26.9. The van der Waals surface area contributed by atoms with Gasteiger partial charge in [0, 0.05) is 47.3 Å². The molecule has 3 heterocycles. The molecule has 0 bridgehead atoms. The SMILES string of the molecule is C\C=C(F)/C=C(\C=C\CC)c1cc(NCCc2c[nH]c3ccccc23)c2ncc(C(C)CCCCC)n2c1. The van der Waals surface area contributed by atoms with Gasteiger partial charge in [-0.3, -0.25) is 0 Å². The van der Waals surface area contributed by atoms with Crippen molar-refractivity contribution in [2.24, 2.45) is 0 Å². The predicted octanol–water partition coefficient (Wildman–Crippen LogP) is 9.38. The summed E-state index contributed by atoms with van der Waals surface area (Å²) in [5.74, 6) is 0.144. The molecule has 0 spiro atoms. The number of halogens is 1. The van der Waals surface area contributed by atoms with Gasteiger partial charge in [-0.2, -0.15) is 0 Å². The Bertz CT molecular complexity index is 1440. The number of para-hydroxylation sites is 1. The molecule has 0 aliphatic rings. The molecule has 0 fully saturated rings. The lowest BCUT2D eigenvalue weighted by molar-refractivity contribution is 0.585. The molecule has 4 rings (SSSR count). The van der Waals surface area contributed by atoms with Crippen LogP contribution < -0.4 is 5.32 Å². The van der Waals surface area contributed by atoms with Gasteiger partial charge in [-0.1, -0.05) is 76.5 Å². The summed E-state index contributed by atoms with van der Waals surface area (Å²) >= 11 is 0. The number of benzene rings is 1. The Morgan fingerprint density at radius 1 is 1.21 bits per heavy atom. The van der Waals surface area contributed by atoms with Crippen molar-refractivity contribution in [2.75, 3.05) is 11.9 Å². The number of aromatic amines is 1. The van der Waals surface area contributed by atoms with E-state index in [1.807, 2.05) is 12.3 Å². The van der Waals surface area contributed by atoms with Crippen LogP contribution in [0.3, 0.4) is 0 Å². The Labute approximate surface area is 226 Å². The second kappa shape index (κ2) is 13.3. The van der Waals surface area contributed by atoms with Gasteiger partial charge in [0.15, 0.2) is 5.65 Å². The van der Waals surface area contributed by atoms with E-state index in [-0.39, 0.29) is 5.83 Å². The Morgan fingerprint density at radius 3 is 2.84 bits per heavy atom. The zero-order valence-corrected chi connectivity index (χ0v) is 23.2. The van der Waals surface area contributed by atoms with Crippen molar-refractivity contribution in [1.29, 1.82) is 0 Å². The Balaban J connectivity index is 1.70. The molecule has 0 aliphatic heterocycles. The number of imidazole rings is 1. The number of hydrogen-bond acceptors (Lipinski definition) is 2. The van der Waals surface area contributed by atoms with Crippen molar-refractivity contribution in [3.63, 3.8) is 0 Å². The fourth-order valence-corrected chi connectivity index (χ4v) is 4.98. The summed E-state index contributed by atoms with van der Waals surface area (Å²) in [4.78, 5) is 8.21. The van der Waals surface area contributed by atoms with Crippen LogP contribution in [0.4, 0.5) is 10.1 Å². The molecule has 2 N–H and O–H groups in total. The first-order valence-corrected chi connectivity index (χ1v) is 14.1. The van der Waals surface area contributed by atoms with Crippen LogP contribution in [0.2, 0.25) is 0 Å². The van der Waals surface area contributed by atoms with E-state index in [1.54, 1.807) is 13.0 Å². The third kappa shape index (κ3) is 6.45. The van der Waals surface area contributed by atoms with Crippen LogP contribution in [0.25, 0.3) is 22.1 Å². The fraction of sp³-hybridized carbons (Fsp3) is 0.364. The number of aromatic nitrogens is 3. The number of hydrogen-bond donors (Lipinski definition) is 2. The monoisotopic (exact) mass is 512 g/mol. The van der Waals surface area contributed by atoms with Crippen LogP contribution in [-0.2, 0) is 6.42 Å². The molecular formula is C33H41FN4. The van der Waals surface area contributed by atoms with E-state index in [4.69, 9.17) is 4.98 Å². The number of nitrogens with zero attached hydrogens (tertiary/aromatic N) is 2. The largest absolute Gasteiger partial charge is 0.382 e. The van der Waals surface area contributed by atoms with E-state index in [0.717, 1.165) is 53.8 Å². The Hall–Kier alpha value is -3.60. The van der Waals surface area contributed by atoms with Crippen molar-refractivity contribution in [3.8, 4) is 0 Å². The maximum atomic E-state index is 14.4. The Morgan fingerprint density at radius 2 is 2.05 bits per heavy atom. The minimum Gasteiger partial charge on any atom is -0.382 e. The lowest BCUT2D eigenvalue weighted by atomic mass is 10.00. The average molecular weight is 513 g/mol. The van der Waals surface area contributed by atoms with E-state index in [1.165, 1.54) is 42.0 Å². The first kappa shape index (κ1) is 27.4. The van der Waals surface area contributed by atoms with Gasteiger partial charge in [0.05, 0.1) is 5.69 Å². The standard InChI is InChI=1S/C33H41FN4/c1-5-8-10-13-24(4)32-22-37-33-31(35-18-17-26-21-36-30-16-12-11-15-29(26)30)20-27(23-38(32)33)25(14-9-6-2)19-28(34)7-3/h7,9,11-12,14-16,19-24,35-36H,5-6,8,10,13,17-18H2,1-4H3/b14-9+,25-19+,28-7+. The quantitative estimate of drug-likeness (QED) is 0.138. The molecule has 200 valence electrons. The number of fused-ring (bicyclic) bond motifs is 2. The summed E-state index contributed by atoms with van der Waals surface area (Å²) in [5.41, 5.74) is 7.33. The average Bonchev–Trinajstić information content (AvgIpc) is 3.55. The minimum absolute atomic E-state index is 0.242. The van der Waals surface area contributed by atoms with Gasteiger partial charge in [0.25, 0.3) is 0 Å². The predicted molar refractivity (Wildman–Crippen MR) is 161 cm³/mol. The normalized spacial score (nSPS) is 13.7. The number of H-pyrrole nitrogens is 1. The maximum absolute atomic E-state index is 14.4. The van der Waals surface area contributed by atoms with Crippen LogP contribution in [0.1, 0.15) is 82.5 Å². The number of allylic oxidation sites excluding steroid dienone is 6. The van der Waals surface area contributed by atoms with E-state index in [2.05, 4.69) is 84.3 Å². The molecule has 1 aromatic carbocycles. The number of nitrogens with one attached hydrogen (secondary N) is 2. The highest BCUT2D eigenvalue weighted by Crippen LogP contribution is 2.30. The zero-order valence-electron chi connectivity index (χ0n) is 23.2. The van der Waals surface area contributed by atoms with E-state index in [9.17, 15) is 4.39 Å². The topological polar surface area (TPSA) is 45.1 Å². The van der Waals surface area contributed by atoms with E-state index >= 15 is 0 Å². The first-order valence-electron chi connectivity index (χ1n) is 14.1. The molecule has 0 saturated carbocycles. The van der Waals surface area contributed by atoms with Crippen molar-refractivity contribution < 1.29 is 4.39 Å². The van der Waals surface area contributed by atoms with E-state index < -0.39 is 0 Å². The van der Waals surface area contributed by atoms with Crippen LogP contribution in [0, 0.1) is 0 Å². The second-order valence-corrected chi connectivity index (χ2v) is 10.0. The molecule has 0 radical (unpaired) electrons. The summed E-state index contributed by atoms with van der Waals surface area (Å²) in [6.45, 7) is 9.10. The molecule has 4 nitrogen and oxygen atoms in total. The van der Waals surface area contributed by atoms with Crippen molar-refractivity contribution >= 4 is 27.8 Å². The van der Waals surface area contributed by atoms with Gasteiger partial charge >= 0.3 is 0 Å². The number of anilines is 1. The molecule has 0 amide bonds. The molecule has 38 heavy (non-hydrogen) atoms. The third-order valence-electron chi connectivity index (χ3n) is 7.20. The highest BCUT2D eigenvalue weighted by Gasteiger charge is 2.16. The summed E-state index contributed by atoms with van der Waals surface area (Å²) in [5, 5.41) is 4.92. The van der Waals surface area contributed by atoms with Crippen LogP contribution in [-0.4, -0.2) is 20.9 Å². The fourth-order valence-electron chi connectivity index (χ4n) is 4.98. The van der Waals surface area contributed by atoms with Crippen LogP contribution >= 0.6 is 0 Å². The lowest BCUT2D eigenvalue weighted by Gasteiger charge is -2.15. The maximum Gasteiger partial charge on any atom is 0.160 e. The van der Waals surface area contributed by atoms with Crippen LogP contribution in [0.5, 0.6) is 0 Å². The van der Waals surface area contributed by atoms with Gasteiger partial charge in [-0.25, -0.2) is 9.37 Å². The molecule has 1 atom stereocenters. The van der Waals surface area contributed by atoms with Gasteiger partial charge in [0.1, 0.15) is 5.83 Å². The second-order valence-electron chi connectivity index (χ2n) is 10.0. The van der Waals surface area contributed by atoms with Crippen molar-refractivity contribution in [2.45, 2.75) is 72.1 Å². The number of pyridine rings is 1. The van der Waals surface area contributed by atoms with Gasteiger partial charge in [-0.15, -0.1) is 0 Å². The minimum atomic E-state index is -0.242. The first-order chi connectivity index (χ1) is 18.5. The molecule has 4 aromatic rings. The van der Waals surface area contributed by atoms with Crippen molar-refractivity contribution in [3.05, 3.63) is 95.9 Å². The summed E-state index contributed by atoms with van der Waals surface area (Å²) in [6.07, 6.45) is 20.0. The summed E-state index contributed by atoms with van der Waals surface area (Å²) < 4.78 is 16.6. The van der Waals surface area contributed by atoms with Gasteiger partial charge in [-0.05, 0) is 61.4 Å². The molecule has 3 aromatic heterocycles. The smallest absolute Gasteiger partial charge is 0.160 e. The summed E-state index contributed by atoms with van der Waals surface area (Å²) in [6, 6.07) is 10.5. The highest BCUT2D eigenvalue weighted by molar-refractivity contribution is 5.83. The summed E-state index contributed by atoms with van der Waals surface area (Å²) in [7, 11) is 0. The molecule has 0 saturated heterocycles. The van der Waals surface area contributed by atoms with Crippen LogP contribution in [0.15, 0.2) is 79.1 Å². The number of rotatable bonds is 13. The Kier molecular flexibility index (Phi) is 9.58. The lowest BCUT2D eigenvalue weighted by Crippen LogP contribution is -2.08. The van der Waals surface area contributed by atoms with E-state index in [0.29, 0.717) is 5.92 Å². The van der Waals surface area contributed by atoms with Crippen molar-refractivity contribution in [1.82, 2.24) is 14.4 Å². The number of unbranched alkanes of at least 4 members (excludes halogenated alkanes) is 2. The third-order valence-corrected chi connectivity index (χ3v) is 7.20. The molecule has 0 aliphatic carbocycles.